The number of H-pyrrole nitrogens is 1. The van der Waals surface area contributed by atoms with Gasteiger partial charge in [-0.15, -0.1) is 0 Å². The lowest BCUT2D eigenvalue weighted by atomic mass is 10.1. The summed E-state index contributed by atoms with van der Waals surface area (Å²) in [6, 6.07) is 15.7. The van der Waals surface area contributed by atoms with Gasteiger partial charge in [0.2, 0.25) is 5.69 Å². The molecule has 0 saturated heterocycles. The standard InChI is InChI=1S/C19H17FN2O3/c1-2-24-19(23)17-18(25-12-13-8-4-3-5-9-13)16(21-22-17)14-10-6-7-11-15(14)20/h3-11H,2,12H2,1H3,(H,21,22). The zero-order valence-corrected chi connectivity index (χ0v) is 13.7. The van der Waals surface area contributed by atoms with Crippen molar-refractivity contribution in [3.05, 3.63) is 71.7 Å². The van der Waals surface area contributed by atoms with Gasteiger partial charge in [-0.2, -0.15) is 5.10 Å². The van der Waals surface area contributed by atoms with Crippen LogP contribution in [0.3, 0.4) is 0 Å². The van der Waals surface area contributed by atoms with E-state index in [1.165, 1.54) is 6.07 Å². The fourth-order valence-electron chi connectivity index (χ4n) is 2.39. The van der Waals surface area contributed by atoms with Gasteiger partial charge in [-0.05, 0) is 24.6 Å². The fourth-order valence-corrected chi connectivity index (χ4v) is 2.39. The van der Waals surface area contributed by atoms with Crippen LogP contribution < -0.4 is 4.74 Å². The largest absolute Gasteiger partial charge is 0.484 e. The summed E-state index contributed by atoms with van der Waals surface area (Å²) in [4.78, 5) is 12.1. The molecule has 0 bridgehead atoms. The maximum atomic E-state index is 14.2. The van der Waals surface area contributed by atoms with Crippen LogP contribution in [0, 0.1) is 5.82 Å². The third kappa shape index (κ3) is 3.68. The van der Waals surface area contributed by atoms with Crippen molar-refractivity contribution < 1.29 is 18.7 Å². The summed E-state index contributed by atoms with van der Waals surface area (Å²) in [5.41, 5.74) is 1.49. The molecule has 3 rings (SSSR count). The van der Waals surface area contributed by atoms with Gasteiger partial charge in [-0.1, -0.05) is 42.5 Å². The molecule has 0 radical (unpaired) electrons. The molecule has 0 spiro atoms. The molecule has 1 heterocycles. The van der Waals surface area contributed by atoms with Gasteiger partial charge >= 0.3 is 5.97 Å². The maximum Gasteiger partial charge on any atom is 0.362 e. The minimum absolute atomic E-state index is 0.00367. The van der Waals surface area contributed by atoms with Crippen molar-refractivity contribution in [3.8, 4) is 17.0 Å². The van der Waals surface area contributed by atoms with Crippen LogP contribution in [-0.2, 0) is 11.3 Å². The number of benzene rings is 2. The molecular formula is C19H17FN2O3. The Morgan fingerprint density at radius 1 is 1.12 bits per heavy atom. The van der Waals surface area contributed by atoms with Crippen molar-refractivity contribution in [2.75, 3.05) is 6.61 Å². The molecule has 0 aliphatic carbocycles. The Kier molecular flexibility index (Phi) is 5.09. The molecule has 0 unspecified atom stereocenters. The number of hydrogen-bond acceptors (Lipinski definition) is 4. The summed E-state index contributed by atoms with van der Waals surface area (Å²) in [5.74, 6) is -0.886. The normalized spacial score (nSPS) is 10.5. The Hall–Kier alpha value is -3.15. The first-order valence-corrected chi connectivity index (χ1v) is 7.87. The molecule has 0 amide bonds. The van der Waals surface area contributed by atoms with Crippen LogP contribution in [0.15, 0.2) is 54.6 Å². The highest BCUT2D eigenvalue weighted by molar-refractivity contribution is 5.93. The quantitative estimate of drug-likeness (QED) is 0.690. The number of esters is 1. The molecule has 2 aromatic carbocycles. The van der Waals surface area contributed by atoms with Crippen LogP contribution >= 0.6 is 0 Å². The number of aromatic nitrogens is 2. The Bertz CT molecular complexity index is 862. The number of aromatic amines is 1. The SMILES string of the molecule is CCOC(=O)c1n[nH]c(-c2ccccc2F)c1OCc1ccccc1. The van der Waals surface area contributed by atoms with E-state index in [0.29, 0.717) is 5.69 Å². The summed E-state index contributed by atoms with van der Waals surface area (Å²) in [6.07, 6.45) is 0. The topological polar surface area (TPSA) is 64.2 Å². The number of ether oxygens (including phenoxy) is 2. The molecule has 1 aromatic heterocycles. The van der Waals surface area contributed by atoms with Gasteiger partial charge in [0.15, 0.2) is 5.75 Å². The van der Waals surface area contributed by atoms with E-state index in [9.17, 15) is 9.18 Å². The van der Waals surface area contributed by atoms with E-state index < -0.39 is 11.8 Å². The highest BCUT2D eigenvalue weighted by Gasteiger charge is 2.24. The van der Waals surface area contributed by atoms with E-state index >= 15 is 0 Å². The van der Waals surface area contributed by atoms with Gasteiger partial charge in [0.05, 0.1) is 6.61 Å². The van der Waals surface area contributed by atoms with Gasteiger partial charge < -0.3 is 9.47 Å². The number of carbonyl (C=O) groups is 1. The van der Waals surface area contributed by atoms with Crippen molar-refractivity contribution in [3.63, 3.8) is 0 Å². The third-order valence-electron chi connectivity index (χ3n) is 3.56. The summed E-state index contributed by atoms with van der Waals surface area (Å²) in [5, 5.41) is 6.66. The number of nitrogens with zero attached hydrogens (tertiary/aromatic N) is 1. The van der Waals surface area contributed by atoms with Crippen LogP contribution in [0.4, 0.5) is 4.39 Å². The van der Waals surface area contributed by atoms with Gasteiger partial charge in [0, 0.05) is 5.56 Å². The van der Waals surface area contributed by atoms with Crippen molar-refractivity contribution >= 4 is 5.97 Å². The van der Waals surface area contributed by atoms with Crippen molar-refractivity contribution in [1.29, 1.82) is 0 Å². The summed E-state index contributed by atoms with van der Waals surface area (Å²) in [6.45, 7) is 2.12. The third-order valence-corrected chi connectivity index (χ3v) is 3.56. The molecule has 6 heteroatoms. The predicted molar refractivity (Wildman–Crippen MR) is 90.7 cm³/mol. The van der Waals surface area contributed by atoms with Crippen LogP contribution in [-0.4, -0.2) is 22.8 Å². The molecule has 0 saturated carbocycles. The van der Waals surface area contributed by atoms with Crippen LogP contribution in [0.5, 0.6) is 5.75 Å². The Morgan fingerprint density at radius 2 is 1.84 bits per heavy atom. The lowest BCUT2D eigenvalue weighted by molar-refractivity contribution is 0.0514. The summed E-state index contributed by atoms with van der Waals surface area (Å²) < 4.78 is 25.0. The van der Waals surface area contributed by atoms with Gasteiger partial charge in [0.25, 0.3) is 0 Å². The Balaban J connectivity index is 1.98. The van der Waals surface area contributed by atoms with E-state index in [1.54, 1.807) is 25.1 Å². The Morgan fingerprint density at radius 3 is 2.56 bits per heavy atom. The molecule has 0 aliphatic rings. The van der Waals surface area contributed by atoms with Gasteiger partial charge in [0.1, 0.15) is 18.1 Å². The highest BCUT2D eigenvalue weighted by atomic mass is 19.1. The monoisotopic (exact) mass is 340 g/mol. The first-order valence-electron chi connectivity index (χ1n) is 7.87. The predicted octanol–water partition coefficient (Wildman–Crippen LogP) is 3.97. The second-order valence-electron chi connectivity index (χ2n) is 5.25. The fraction of sp³-hybridized carbons (Fsp3) is 0.158. The lowest BCUT2D eigenvalue weighted by Gasteiger charge is -2.09. The van der Waals surface area contributed by atoms with E-state index in [4.69, 9.17) is 9.47 Å². The van der Waals surface area contributed by atoms with Crippen LogP contribution in [0.2, 0.25) is 0 Å². The average molecular weight is 340 g/mol. The van der Waals surface area contributed by atoms with E-state index in [1.807, 2.05) is 30.3 Å². The van der Waals surface area contributed by atoms with Crippen molar-refractivity contribution in [2.45, 2.75) is 13.5 Å². The molecule has 0 atom stereocenters. The zero-order chi connectivity index (χ0) is 17.6. The van der Waals surface area contributed by atoms with E-state index in [-0.39, 0.29) is 30.2 Å². The lowest BCUT2D eigenvalue weighted by Crippen LogP contribution is -2.08. The average Bonchev–Trinajstić information content (AvgIpc) is 3.05. The minimum atomic E-state index is -0.621. The summed E-state index contributed by atoms with van der Waals surface area (Å²) >= 11 is 0. The zero-order valence-electron chi connectivity index (χ0n) is 13.7. The van der Waals surface area contributed by atoms with Crippen LogP contribution in [0.1, 0.15) is 23.0 Å². The number of rotatable bonds is 6. The minimum Gasteiger partial charge on any atom is -0.484 e. The second-order valence-corrected chi connectivity index (χ2v) is 5.25. The molecule has 0 aliphatic heterocycles. The van der Waals surface area contributed by atoms with Gasteiger partial charge in [-0.25, -0.2) is 9.18 Å². The number of hydrogen-bond donors (Lipinski definition) is 1. The molecule has 3 aromatic rings. The number of carbonyl (C=O) groups excluding carboxylic acids is 1. The first kappa shape index (κ1) is 16.7. The number of halogens is 1. The molecule has 25 heavy (non-hydrogen) atoms. The molecular weight excluding hydrogens is 323 g/mol. The van der Waals surface area contributed by atoms with Crippen LogP contribution in [0.25, 0.3) is 11.3 Å². The first-order chi connectivity index (χ1) is 12.2. The molecule has 128 valence electrons. The molecule has 0 fully saturated rings. The Labute approximate surface area is 144 Å². The maximum absolute atomic E-state index is 14.2. The smallest absolute Gasteiger partial charge is 0.362 e. The molecule has 1 N–H and O–H groups in total. The second kappa shape index (κ2) is 7.61. The van der Waals surface area contributed by atoms with Crippen molar-refractivity contribution in [2.24, 2.45) is 0 Å². The van der Waals surface area contributed by atoms with Crippen molar-refractivity contribution in [1.82, 2.24) is 10.2 Å². The van der Waals surface area contributed by atoms with E-state index in [2.05, 4.69) is 10.2 Å². The van der Waals surface area contributed by atoms with E-state index in [0.717, 1.165) is 5.56 Å². The number of nitrogens with one attached hydrogen (secondary N) is 1. The van der Waals surface area contributed by atoms with Gasteiger partial charge in [-0.3, -0.25) is 5.10 Å². The molecule has 5 nitrogen and oxygen atoms in total. The highest BCUT2D eigenvalue weighted by Crippen LogP contribution is 2.33. The summed E-state index contributed by atoms with van der Waals surface area (Å²) in [7, 11) is 0.